The van der Waals surface area contributed by atoms with Crippen molar-refractivity contribution in [2.45, 2.75) is 63.2 Å². The summed E-state index contributed by atoms with van der Waals surface area (Å²) in [4.78, 5) is 23.2. The van der Waals surface area contributed by atoms with Crippen molar-refractivity contribution < 1.29 is 27.9 Å². The second kappa shape index (κ2) is 9.67. The quantitative estimate of drug-likeness (QED) is 0.757. The van der Waals surface area contributed by atoms with Gasteiger partial charge in [0.15, 0.2) is 0 Å². The van der Waals surface area contributed by atoms with Gasteiger partial charge in [-0.15, -0.1) is 0 Å². The SMILES string of the molecule is NC(=O)c1cccc2cn(C3CCCC(N4CCCCC4)C3)nc12.O=C(O)C(F)(F)F. The van der Waals surface area contributed by atoms with E-state index in [0.717, 1.165) is 10.9 Å². The zero-order valence-corrected chi connectivity index (χ0v) is 17.1. The minimum absolute atomic E-state index is 0.402. The van der Waals surface area contributed by atoms with Crippen LogP contribution in [-0.4, -0.2) is 57.0 Å². The lowest BCUT2D eigenvalue weighted by atomic mass is 9.89. The molecule has 2 unspecified atom stereocenters. The number of nitrogens with two attached hydrogens (primary N) is 1. The number of hydrogen-bond acceptors (Lipinski definition) is 4. The maximum Gasteiger partial charge on any atom is 0.490 e. The molecule has 2 aromatic rings. The summed E-state index contributed by atoms with van der Waals surface area (Å²) in [6.45, 7) is 2.51. The Morgan fingerprint density at radius 1 is 1.06 bits per heavy atom. The third-order valence-corrected chi connectivity index (χ3v) is 5.96. The molecule has 0 radical (unpaired) electrons. The van der Waals surface area contributed by atoms with Crippen molar-refractivity contribution in [1.82, 2.24) is 14.7 Å². The van der Waals surface area contributed by atoms with Crippen LogP contribution < -0.4 is 5.73 Å². The molecule has 0 bridgehead atoms. The molecular weight excluding hydrogens is 413 g/mol. The first-order chi connectivity index (χ1) is 14.7. The Kier molecular flexibility index (Phi) is 7.19. The number of aromatic nitrogens is 2. The van der Waals surface area contributed by atoms with Gasteiger partial charge >= 0.3 is 12.1 Å². The Morgan fingerprint density at radius 2 is 1.71 bits per heavy atom. The molecule has 2 heterocycles. The number of halogens is 3. The van der Waals surface area contributed by atoms with Crippen molar-refractivity contribution >= 4 is 22.8 Å². The van der Waals surface area contributed by atoms with Crippen molar-refractivity contribution in [3.8, 4) is 0 Å². The fourth-order valence-electron chi connectivity index (χ4n) is 4.44. The van der Waals surface area contributed by atoms with Gasteiger partial charge in [-0.25, -0.2) is 4.79 Å². The second-order valence-corrected chi connectivity index (χ2v) is 8.09. The number of rotatable bonds is 3. The molecule has 2 atom stereocenters. The predicted molar refractivity (Wildman–Crippen MR) is 109 cm³/mol. The Bertz CT molecular complexity index is 922. The molecule has 170 valence electrons. The van der Waals surface area contributed by atoms with Crippen LogP contribution in [0.2, 0.25) is 0 Å². The number of nitrogens with zero attached hydrogens (tertiary/aromatic N) is 3. The number of carboxylic acids is 1. The van der Waals surface area contributed by atoms with Gasteiger partial charge in [0.25, 0.3) is 5.91 Å². The summed E-state index contributed by atoms with van der Waals surface area (Å²) in [7, 11) is 0. The summed E-state index contributed by atoms with van der Waals surface area (Å²) in [5, 5.41) is 12.9. The second-order valence-electron chi connectivity index (χ2n) is 8.09. The third-order valence-electron chi connectivity index (χ3n) is 5.96. The summed E-state index contributed by atoms with van der Waals surface area (Å²) in [6, 6.07) is 6.77. The Balaban J connectivity index is 0.000000339. The number of primary amides is 1. The molecular formula is C21H27F3N4O3. The molecule has 10 heteroatoms. The first kappa shape index (κ1) is 23.1. The lowest BCUT2D eigenvalue weighted by Crippen LogP contribution is -2.42. The number of alkyl halides is 3. The predicted octanol–water partition coefficient (Wildman–Crippen LogP) is 3.74. The average Bonchev–Trinajstić information content (AvgIpc) is 3.18. The molecule has 31 heavy (non-hydrogen) atoms. The number of likely N-dealkylation sites (tertiary alicyclic amines) is 1. The zero-order valence-electron chi connectivity index (χ0n) is 17.1. The number of carbonyl (C=O) groups excluding carboxylic acids is 1. The van der Waals surface area contributed by atoms with Gasteiger partial charge in [0.1, 0.15) is 5.52 Å². The van der Waals surface area contributed by atoms with Crippen LogP contribution in [0.4, 0.5) is 13.2 Å². The number of hydrogen-bond donors (Lipinski definition) is 2. The van der Waals surface area contributed by atoms with E-state index in [1.54, 1.807) is 6.07 Å². The van der Waals surface area contributed by atoms with E-state index < -0.39 is 18.1 Å². The average molecular weight is 440 g/mol. The molecule has 4 rings (SSSR count). The Labute approximate surface area is 178 Å². The van der Waals surface area contributed by atoms with Gasteiger partial charge in [-0.3, -0.25) is 9.48 Å². The fraction of sp³-hybridized carbons (Fsp3) is 0.571. The van der Waals surface area contributed by atoms with E-state index in [1.165, 1.54) is 58.0 Å². The molecule has 1 saturated heterocycles. The molecule has 2 fully saturated rings. The number of aliphatic carboxylic acids is 1. The minimum Gasteiger partial charge on any atom is -0.475 e. The highest BCUT2D eigenvalue weighted by molar-refractivity contribution is 6.04. The molecule has 1 saturated carbocycles. The van der Waals surface area contributed by atoms with Crippen molar-refractivity contribution in [1.29, 1.82) is 0 Å². The zero-order chi connectivity index (χ0) is 22.6. The highest BCUT2D eigenvalue weighted by atomic mass is 19.4. The van der Waals surface area contributed by atoms with Gasteiger partial charge in [-0.05, 0) is 57.7 Å². The van der Waals surface area contributed by atoms with E-state index in [9.17, 15) is 18.0 Å². The molecule has 1 aliphatic heterocycles. The van der Waals surface area contributed by atoms with Crippen LogP contribution in [0, 0.1) is 0 Å². The summed E-state index contributed by atoms with van der Waals surface area (Å²) < 4.78 is 33.8. The molecule has 7 nitrogen and oxygen atoms in total. The molecule has 1 aromatic carbocycles. The number of carbonyl (C=O) groups is 2. The number of piperidine rings is 1. The van der Waals surface area contributed by atoms with Crippen molar-refractivity contribution in [3.63, 3.8) is 0 Å². The summed E-state index contributed by atoms with van der Waals surface area (Å²) >= 11 is 0. The van der Waals surface area contributed by atoms with Crippen LogP contribution in [0.25, 0.3) is 10.9 Å². The van der Waals surface area contributed by atoms with Crippen LogP contribution in [0.1, 0.15) is 61.3 Å². The number of fused-ring (bicyclic) bond motifs is 1. The Hall–Kier alpha value is -2.62. The van der Waals surface area contributed by atoms with E-state index in [0.29, 0.717) is 17.6 Å². The molecule has 0 spiro atoms. The number of amides is 1. The molecule has 1 amide bonds. The van der Waals surface area contributed by atoms with Crippen molar-refractivity contribution in [2.24, 2.45) is 5.73 Å². The number of benzene rings is 1. The Morgan fingerprint density at radius 3 is 2.32 bits per heavy atom. The van der Waals surface area contributed by atoms with E-state index in [1.807, 2.05) is 12.1 Å². The number of carboxylic acid groups (broad SMARTS) is 1. The van der Waals surface area contributed by atoms with Crippen LogP contribution in [-0.2, 0) is 4.79 Å². The highest BCUT2D eigenvalue weighted by Crippen LogP contribution is 2.33. The maximum absolute atomic E-state index is 11.6. The highest BCUT2D eigenvalue weighted by Gasteiger charge is 2.38. The lowest BCUT2D eigenvalue weighted by Gasteiger charge is -2.39. The van der Waals surface area contributed by atoms with E-state index in [4.69, 9.17) is 20.7 Å². The van der Waals surface area contributed by atoms with Crippen LogP contribution >= 0.6 is 0 Å². The van der Waals surface area contributed by atoms with E-state index in [-0.39, 0.29) is 0 Å². The summed E-state index contributed by atoms with van der Waals surface area (Å²) in [6.07, 6.45) is 5.97. The molecule has 1 aliphatic carbocycles. The monoisotopic (exact) mass is 440 g/mol. The normalized spacial score (nSPS) is 22.5. The van der Waals surface area contributed by atoms with E-state index in [2.05, 4.69) is 15.8 Å². The standard InChI is InChI=1S/C19H26N4O.C2HF3O2/c20-19(24)17-9-4-6-14-13-23(21-18(14)17)16-8-5-7-15(12-16)22-10-2-1-3-11-22;3-2(4,5)1(6)7/h4,6,9,13,15-16H,1-3,5,7-8,10-12H2,(H2,20,24);(H,6,7). The smallest absolute Gasteiger partial charge is 0.475 e. The summed E-state index contributed by atoms with van der Waals surface area (Å²) in [5.41, 5.74) is 6.76. The van der Waals surface area contributed by atoms with Gasteiger partial charge in [-0.1, -0.05) is 18.6 Å². The van der Waals surface area contributed by atoms with Gasteiger partial charge < -0.3 is 15.7 Å². The first-order valence-corrected chi connectivity index (χ1v) is 10.5. The summed E-state index contributed by atoms with van der Waals surface area (Å²) in [5.74, 6) is -3.16. The van der Waals surface area contributed by atoms with Gasteiger partial charge in [0, 0.05) is 17.6 Å². The van der Waals surface area contributed by atoms with Crippen molar-refractivity contribution in [2.75, 3.05) is 13.1 Å². The molecule has 2 aliphatic rings. The molecule has 1 aromatic heterocycles. The van der Waals surface area contributed by atoms with E-state index >= 15 is 0 Å². The first-order valence-electron chi connectivity index (χ1n) is 10.5. The molecule has 3 N–H and O–H groups in total. The minimum atomic E-state index is -5.08. The van der Waals surface area contributed by atoms with Crippen LogP contribution in [0.15, 0.2) is 24.4 Å². The lowest BCUT2D eigenvalue weighted by molar-refractivity contribution is -0.192. The topological polar surface area (TPSA) is 101 Å². The largest absolute Gasteiger partial charge is 0.490 e. The van der Waals surface area contributed by atoms with Gasteiger partial charge in [0.05, 0.1) is 11.6 Å². The van der Waals surface area contributed by atoms with Crippen molar-refractivity contribution in [3.05, 3.63) is 30.0 Å². The third kappa shape index (κ3) is 5.75. The fourth-order valence-corrected chi connectivity index (χ4v) is 4.44. The van der Waals surface area contributed by atoms with Crippen LogP contribution in [0.3, 0.4) is 0 Å². The van der Waals surface area contributed by atoms with Crippen LogP contribution in [0.5, 0.6) is 0 Å². The maximum atomic E-state index is 11.6. The van der Waals surface area contributed by atoms with Gasteiger partial charge in [0.2, 0.25) is 0 Å². The van der Waals surface area contributed by atoms with Gasteiger partial charge in [-0.2, -0.15) is 18.3 Å².